The van der Waals surface area contributed by atoms with E-state index in [2.05, 4.69) is 15.6 Å². The summed E-state index contributed by atoms with van der Waals surface area (Å²) in [5, 5.41) is 35.0. The molecule has 2 rings (SSSR count). The smallest absolute Gasteiger partial charge is 0.326 e. The number of nitrogens with two attached hydrogens (primary N) is 2. The number of primary amides is 1. The number of aromatic nitrogens is 1. The van der Waals surface area contributed by atoms with Gasteiger partial charge in [-0.15, -0.1) is 0 Å². The van der Waals surface area contributed by atoms with Gasteiger partial charge in [-0.1, -0.05) is 18.2 Å². The summed E-state index contributed by atoms with van der Waals surface area (Å²) in [6, 6.07) is 0.840. The van der Waals surface area contributed by atoms with Crippen LogP contribution in [-0.4, -0.2) is 86.6 Å². The number of para-hydroxylation sites is 1. The standard InChI is InChI=1S/C22H28N6O9/c23-12(6-18(31)32)19(33)28-16(9-29)21(35)26-14(7-17(24)30)20(34)27-15(22(36)37)5-10-8-25-13-4-2-1-3-11(10)13/h1-4,8,12,14-16,25,29H,5-7,9,23H2,(H2,24,30)(H,26,35)(H,27,34)(H,28,33)(H,31,32)(H,36,37). The normalized spacial score (nSPS) is 14.1. The average molecular weight is 520 g/mol. The number of aliphatic hydroxyl groups excluding tert-OH is 1. The van der Waals surface area contributed by atoms with E-state index in [1.807, 2.05) is 5.32 Å². The Bertz CT molecular complexity index is 1180. The topological polar surface area (TPSA) is 267 Å². The highest BCUT2D eigenvalue weighted by Crippen LogP contribution is 2.19. The number of aliphatic hydroxyl groups is 1. The molecule has 0 aliphatic carbocycles. The molecule has 0 spiro atoms. The van der Waals surface area contributed by atoms with Crippen LogP contribution >= 0.6 is 0 Å². The molecule has 0 bridgehead atoms. The highest BCUT2D eigenvalue weighted by molar-refractivity contribution is 5.96. The molecule has 1 aromatic carbocycles. The van der Waals surface area contributed by atoms with E-state index in [0.29, 0.717) is 5.56 Å². The molecule has 2 aromatic rings. The molecule has 37 heavy (non-hydrogen) atoms. The molecule has 200 valence electrons. The number of hydrogen-bond acceptors (Lipinski definition) is 8. The first-order chi connectivity index (χ1) is 17.4. The van der Waals surface area contributed by atoms with Gasteiger partial charge in [0.25, 0.3) is 0 Å². The van der Waals surface area contributed by atoms with Gasteiger partial charge >= 0.3 is 11.9 Å². The molecule has 1 aromatic heterocycles. The number of fused-ring (bicyclic) bond motifs is 1. The van der Waals surface area contributed by atoms with E-state index in [1.165, 1.54) is 0 Å². The summed E-state index contributed by atoms with van der Waals surface area (Å²) in [7, 11) is 0. The minimum atomic E-state index is -1.66. The van der Waals surface area contributed by atoms with Crippen LogP contribution in [0.25, 0.3) is 10.9 Å². The van der Waals surface area contributed by atoms with Crippen molar-refractivity contribution in [3.8, 4) is 0 Å². The molecule has 0 aliphatic heterocycles. The molecule has 15 heteroatoms. The molecule has 0 radical (unpaired) electrons. The molecule has 11 N–H and O–H groups in total. The number of aliphatic carboxylic acids is 2. The van der Waals surface area contributed by atoms with Crippen molar-refractivity contribution in [1.29, 1.82) is 0 Å². The van der Waals surface area contributed by atoms with Crippen LogP contribution in [0.4, 0.5) is 0 Å². The Morgan fingerprint density at radius 2 is 1.46 bits per heavy atom. The van der Waals surface area contributed by atoms with E-state index < -0.39 is 79.2 Å². The van der Waals surface area contributed by atoms with E-state index in [0.717, 1.165) is 10.9 Å². The molecule has 0 aliphatic rings. The second-order valence-electron chi connectivity index (χ2n) is 8.14. The maximum absolute atomic E-state index is 12.8. The van der Waals surface area contributed by atoms with Gasteiger partial charge in [0, 0.05) is 23.5 Å². The zero-order valence-electron chi connectivity index (χ0n) is 19.5. The average Bonchev–Trinajstić information content (AvgIpc) is 3.23. The summed E-state index contributed by atoms with van der Waals surface area (Å²) in [6.07, 6.45) is 0.00503. The van der Waals surface area contributed by atoms with Gasteiger partial charge in [-0.3, -0.25) is 24.0 Å². The summed E-state index contributed by atoms with van der Waals surface area (Å²) in [5.74, 6) is -6.98. The lowest BCUT2D eigenvalue weighted by Crippen LogP contribution is -2.58. The van der Waals surface area contributed by atoms with E-state index in [4.69, 9.17) is 16.6 Å². The Balaban J connectivity index is 2.13. The van der Waals surface area contributed by atoms with Gasteiger partial charge in [-0.25, -0.2) is 4.79 Å². The first kappa shape index (κ1) is 28.7. The van der Waals surface area contributed by atoms with Crippen LogP contribution in [0.1, 0.15) is 18.4 Å². The Hall–Kier alpha value is -4.50. The Morgan fingerprint density at radius 3 is 2.05 bits per heavy atom. The molecule has 0 saturated heterocycles. The molecule has 0 saturated carbocycles. The van der Waals surface area contributed by atoms with Crippen LogP contribution in [0.3, 0.4) is 0 Å². The van der Waals surface area contributed by atoms with Crippen molar-refractivity contribution in [3.63, 3.8) is 0 Å². The van der Waals surface area contributed by atoms with Crippen molar-refractivity contribution >= 4 is 46.5 Å². The number of amides is 4. The zero-order valence-corrected chi connectivity index (χ0v) is 19.5. The molecule has 15 nitrogen and oxygen atoms in total. The molecule has 1 heterocycles. The monoisotopic (exact) mass is 520 g/mol. The van der Waals surface area contributed by atoms with Crippen LogP contribution < -0.4 is 27.4 Å². The van der Waals surface area contributed by atoms with Crippen molar-refractivity contribution in [1.82, 2.24) is 20.9 Å². The molecule has 0 fully saturated rings. The maximum atomic E-state index is 12.8. The van der Waals surface area contributed by atoms with Gasteiger partial charge in [-0.2, -0.15) is 0 Å². The number of rotatable bonds is 14. The van der Waals surface area contributed by atoms with Gasteiger partial charge < -0.3 is 47.7 Å². The summed E-state index contributed by atoms with van der Waals surface area (Å²) < 4.78 is 0. The zero-order chi connectivity index (χ0) is 27.7. The third-order valence-corrected chi connectivity index (χ3v) is 5.30. The van der Waals surface area contributed by atoms with E-state index in [9.17, 15) is 39.0 Å². The number of nitrogens with one attached hydrogen (secondary N) is 4. The fourth-order valence-corrected chi connectivity index (χ4v) is 3.43. The number of hydrogen-bond donors (Lipinski definition) is 9. The fraction of sp³-hybridized carbons (Fsp3) is 0.364. The third kappa shape index (κ3) is 8.29. The van der Waals surface area contributed by atoms with Crippen molar-refractivity contribution in [2.45, 2.75) is 43.4 Å². The van der Waals surface area contributed by atoms with Gasteiger partial charge in [0.1, 0.15) is 18.1 Å². The summed E-state index contributed by atoms with van der Waals surface area (Å²) >= 11 is 0. The molecule has 4 amide bonds. The Kier molecular flexibility index (Phi) is 10.1. The van der Waals surface area contributed by atoms with Crippen molar-refractivity contribution in [2.24, 2.45) is 11.5 Å². The van der Waals surface area contributed by atoms with Crippen molar-refractivity contribution in [2.75, 3.05) is 6.61 Å². The first-order valence-electron chi connectivity index (χ1n) is 11.0. The van der Waals surface area contributed by atoms with Crippen LogP contribution in [0, 0.1) is 0 Å². The van der Waals surface area contributed by atoms with Crippen molar-refractivity contribution in [3.05, 3.63) is 36.0 Å². The van der Waals surface area contributed by atoms with Gasteiger partial charge in [0.2, 0.25) is 23.6 Å². The second-order valence-corrected chi connectivity index (χ2v) is 8.14. The number of carboxylic acid groups (broad SMARTS) is 2. The van der Waals surface area contributed by atoms with Gasteiger partial charge in [0.05, 0.1) is 25.5 Å². The van der Waals surface area contributed by atoms with Crippen LogP contribution in [0.2, 0.25) is 0 Å². The quantitative estimate of drug-likeness (QED) is 0.121. The molecule has 4 atom stereocenters. The third-order valence-electron chi connectivity index (χ3n) is 5.30. The SMILES string of the molecule is NC(=O)CC(NC(=O)C(CO)NC(=O)C(N)CC(=O)O)C(=O)NC(Cc1c[nH]c2ccccc12)C(=O)O. The predicted octanol–water partition coefficient (Wildman–Crippen LogP) is -3.08. The maximum Gasteiger partial charge on any atom is 0.326 e. The van der Waals surface area contributed by atoms with E-state index in [-0.39, 0.29) is 6.42 Å². The molecular weight excluding hydrogens is 492 g/mol. The number of carbonyl (C=O) groups excluding carboxylic acids is 4. The highest BCUT2D eigenvalue weighted by Gasteiger charge is 2.31. The number of carbonyl (C=O) groups is 6. The Morgan fingerprint density at radius 1 is 0.865 bits per heavy atom. The second kappa shape index (κ2) is 13.0. The minimum absolute atomic E-state index is 0.126. The van der Waals surface area contributed by atoms with E-state index in [1.54, 1.807) is 30.5 Å². The lowest BCUT2D eigenvalue weighted by molar-refractivity contribution is -0.142. The molecular formula is C22H28N6O9. The number of aromatic amines is 1. The summed E-state index contributed by atoms with van der Waals surface area (Å²) in [6.45, 7) is -0.958. The summed E-state index contributed by atoms with van der Waals surface area (Å²) in [4.78, 5) is 74.5. The van der Waals surface area contributed by atoms with Crippen LogP contribution in [-0.2, 0) is 35.2 Å². The van der Waals surface area contributed by atoms with Gasteiger partial charge in [-0.05, 0) is 11.6 Å². The van der Waals surface area contributed by atoms with Gasteiger partial charge in [0.15, 0.2) is 0 Å². The lowest BCUT2D eigenvalue weighted by Gasteiger charge is -2.23. The largest absolute Gasteiger partial charge is 0.481 e. The van der Waals surface area contributed by atoms with Crippen LogP contribution in [0.5, 0.6) is 0 Å². The molecule has 4 unspecified atom stereocenters. The van der Waals surface area contributed by atoms with Crippen molar-refractivity contribution < 1.29 is 44.1 Å². The minimum Gasteiger partial charge on any atom is -0.481 e. The Labute approximate surface area is 209 Å². The number of benzene rings is 1. The lowest BCUT2D eigenvalue weighted by atomic mass is 10.0. The van der Waals surface area contributed by atoms with E-state index >= 15 is 0 Å². The van der Waals surface area contributed by atoms with Crippen LogP contribution in [0.15, 0.2) is 30.5 Å². The number of H-pyrrole nitrogens is 1. The first-order valence-corrected chi connectivity index (χ1v) is 11.0. The predicted molar refractivity (Wildman–Crippen MR) is 127 cm³/mol. The fourth-order valence-electron chi connectivity index (χ4n) is 3.43. The highest BCUT2D eigenvalue weighted by atomic mass is 16.4. The number of carboxylic acids is 2. The summed E-state index contributed by atoms with van der Waals surface area (Å²) in [5.41, 5.74) is 11.9.